The monoisotopic (exact) mass is 238 g/mol. The zero-order valence-electron chi connectivity index (χ0n) is 11.5. The minimum atomic E-state index is -0.700. The molecule has 0 amide bonds. The number of fused-ring (bicyclic) bond motifs is 1. The van der Waals surface area contributed by atoms with Crippen molar-refractivity contribution in [3.8, 4) is 0 Å². The highest BCUT2D eigenvalue weighted by Gasteiger charge is 2.60. The second-order valence-electron chi connectivity index (χ2n) is 6.69. The maximum atomic E-state index is 11.2. The van der Waals surface area contributed by atoms with E-state index in [0.29, 0.717) is 11.8 Å². The van der Waals surface area contributed by atoms with E-state index in [0.717, 1.165) is 25.7 Å². The topological polar surface area (TPSA) is 40.5 Å². The van der Waals surface area contributed by atoms with Crippen LogP contribution in [0.2, 0.25) is 0 Å². The summed E-state index contributed by atoms with van der Waals surface area (Å²) < 4.78 is 0. The molecular weight excluding hydrogens is 212 g/mol. The molecule has 2 aliphatic carbocycles. The highest BCUT2D eigenvalue weighted by Crippen LogP contribution is 2.57. The fraction of sp³-hybridized carbons (Fsp3) is 0.867. The lowest BCUT2D eigenvalue weighted by Gasteiger charge is -2.45. The van der Waals surface area contributed by atoms with Crippen molar-refractivity contribution in [2.75, 3.05) is 0 Å². The molecule has 4 unspecified atom stereocenters. The first-order valence-electron chi connectivity index (χ1n) is 6.89. The summed E-state index contributed by atoms with van der Waals surface area (Å²) in [6.07, 6.45) is 5.13. The van der Waals surface area contributed by atoms with Gasteiger partial charge in [0.25, 0.3) is 0 Å². The van der Waals surface area contributed by atoms with E-state index in [4.69, 9.17) is 0 Å². The van der Waals surface area contributed by atoms with Crippen LogP contribution in [-0.2, 0) is 0 Å². The number of aliphatic hydroxyl groups excluding tert-OH is 1. The molecule has 0 heterocycles. The molecule has 1 saturated carbocycles. The van der Waals surface area contributed by atoms with Gasteiger partial charge in [0.15, 0.2) is 0 Å². The number of hydrogen-bond acceptors (Lipinski definition) is 2. The van der Waals surface area contributed by atoms with Crippen LogP contribution in [0.5, 0.6) is 0 Å². The Balaban J connectivity index is 2.40. The van der Waals surface area contributed by atoms with E-state index in [-0.39, 0.29) is 5.41 Å². The molecule has 0 aliphatic heterocycles. The van der Waals surface area contributed by atoms with Gasteiger partial charge in [-0.25, -0.2) is 0 Å². The molecule has 0 saturated heterocycles. The third-order valence-corrected chi connectivity index (χ3v) is 5.38. The smallest absolute Gasteiger partial charge is 0.0804 e. The van der Waals surface area contributed by atoms with Crippen LogP contribution in [0.25, 0.3) is 0 Å². The highest BCUT2D eigenvalue weighted by atomic mass is 16.3. The third-order valence-electron chi connectivity index (χ3n) is 5.38. The van der Waals surface area contributed by atoms with Crippen LogP contribution < -0.4 is 0 Å². The lowest BCUT2D eigenvalue weighted by molar-refractivity contribution is -0.132. The van der Waals surface area contributed by atoms with E-state index in [9.17, 15) is 10.2 Å². The first-order chi connectivity index (χ1) is 7.81. The number of aliphatic hydroxyl groups is 2. The average molecular weight is 238 g/mol. The molecule has 4 atom stereocenters. The average Bonchev–Trinajstić information content (AvgIpc) is 2.46. The summed E-state index contributed by atoms with van der Waals surface area (Å²) in [4.78, 5) is 0. The molecule has 0 bridgehead atoms. The minimum absolute atomic E-state index is 0.321. The summed E-state index contributed by atoms with van der Waals surface area (Å²) >= 11 is 0. The van der Waals surface area contributed by atoms with Crippen LogP contribution in [0.1, 0.15) is 53.4 Å². The van der Waals surface area contributed by atoms with Crippen LogP contribution in [0.3, 0.4) is 0 Å². The lowest BCUT2D eigenvalue weighted by atomic mass is 9.66. The Morgan fingerprint density at radius 2 is 2.00 bits per heavy atom. The molecule has 2 heteroatoms. The number of rotatable bonds is 1. The van der Waals surface area contributed by atoms with Gasteiger partial charge in [0.1, 0.15) is 0 Å². The zero-order chi connectivity index (χ0) is 12.8. The van der Waals surface area contributed by atoms with Crippen molar-refractivity contribution in [3.05, 3.63) is 11.6 Å². The molecular formula is C15H26O2. The molecule has 1 fully saturated rings. The standard InChI is InChI=1S/C15H26O2/c1-10(2)12-6-7-14(4)13(16)9-11(3)5-8-15(12,14)17/h9-10,12-13,16-17H,5-8H2,1-4H3. The van der Waals surface area contributed by atoms with Gasteiger partial charge in [-0.2, -0.15) is 0 Å². The van der Waals surface area contributed by atoms with Crippen molar-refractivity contribution < 1.29 is 10.2 Å². The van der Waals surface area contributed by atoms with Gasteiger partial charge in [0.2, 0.25) is 0 Å². The summed E-state index contributed by atoms with van der Waals surface area (Å²) in [5.74, 6) is 0.800. The highest BCUT2D eigenvalue weighted by molar-refractivity contribution is 5.20. The number of allylic oxidation sites excluding steroid dienone is 1. The van der Waals surface area contributed by atoms with E-state index in [2.05, 4.69) is 27.7 Å². The van der Waals surface area contributed by atoms with Crippen LogP contribution in [-0.4, -0.2) is 21.9 Å². The molecule has 0 aromatic carbocycles. The van der Waals surface area contributed by atoms with Crippen LogP contribution in [0.4, 0.5) is 0 Å². The molecule has 2 rings (SSSR count). The molecule has 2 aliphatic rings. The Bertz CT molecular complexity index is 334. The maximum absolute atomic E-state index is 11.2. The van der Waals surface area contributed by atoms with Gasteiger partial charge in [-0.15, -0.1) is 0 Å². The molecule has 2 N–H and O–H groups in total. The third kappa shape index (κ3) is 1.77. The molecule has 0 spiro atoms. The van der Waals surface area contributed by atoms with E-state index < -0.39 is 11.7 Å². The summed E-state index contributed by atoms with van der Waals surface area (Å²) in [5, 5.41) is 21.6. The largest absolute Gasteiger partial charge is 0.389 e. The second-order valence-corrected chi connectivity index (χ2v) is 6.69. The fourth-order valence-electron chi connectivity index (χ4n) is 4.02. The SMILES string of the molecule is CC1=CC(O)C2(C)CCC(C(C)C)C2(O)CC1. The summed E-state index contributed by atoms with van der Waals surface area (Å²) in [6.45, 7) is 8.49. The van der Waals surface area contributed by atoms with Crippen molar-refractivity contribution in [1.82, 2.24) is 0 Å². The predicted octanol–water partition coefficient (Wildman–Crippen LogP) is 2.89. The molecule has 17 heavy (non-hydrogen) atoms. The zero-order valence-corrected chi connectivity index (χ0v) is 11.5. The van der Waals surface area contributed by atoms with Gasteiger partial charge in [-0.1, -0.05) is 32.4 Å². The van der Waals surface area contributed by atoms with E-state index in [1.807, 2.05) is 6.08 Å². The summed E-state index contributed by atoms with van der Waals surface area (Å²) in [5.41, 5.74) is 0.151. The minimum Gasteiger partial charge on any atom is -0.389 e. The van der Waals surface area contributed by atoms with Crippen LogP contribution >= 0.6 is 0 Å². The fourth-order valence-corrected chi connectivity index (χ4v) is 4.02. The first kappa shape index (κ1) is 13.1. The van der Waals surface area contributed by atoms with E-state index >= 15 is 0 Å². The number of hydrogen-bond donors (Lipinski definition) is 2. The molecule has 0 aromatic heterocycles. The molecule has 98 valence electrons. The Morgan fingerprint density at radius 1 is 1.35 bits per heavy atom. The van der Waals surface area contributed by atoms with Gasteiger partial charge in [-0.3, -0.25) is 0 Å². The normalized spacial score (nSPS) is 46.6. The van der Waals surface area contributed by atoms with Crippen molar-refractivity contribution >= 4 is 0 Å². The van der Waals surface area contributed by atoms with Crippen LogP contribution in [0.15, 0.2) is 11.6 Å². The Hall–Kier alpha value is -0.340. The summed E-state index contributed by atoms with van der Waals surface area (Å²) in [6, 6.07) is 0. The maximum Gasteiger partial charge on any atom is 0.0804 e. The second kappa shape index (κ2) is 4.10. The molecule has 2 nitrogen and oxygen atoms in total. The van der Waals surface area contributed by atoms with Crippen molar-refractivity contribution in [1.29, 1.82) is 0 Å². The Morgan fingerprint density at radius 3 is 2.59 bits per heavy atom. The van der Waals surface area contributed by atoms with Gasteiger partial charge in [-0.05, 0) is 44.4 Å². The van der Waals surface area contributed by atoms with E-state index in [1.54, 1.807) is 0 Å². The van der Waals surface area contributed by atoms with Gasteiger partial charge < -0.3 is 10.2 Å². The van der Waals surface area contributed by atoms with Crippen LogP contribution in [0, 0.1) is 17.3 Å². The molecule has 0 aromatic rings. The van der Waals surface area contributed by atoms with Gasteiger partial charge >= 0.3 is 0 Å². The van der Waals surface area contributed by atoms with Crippen molar-refractivity contribution in [2.45, 2.75) is 65.1 Å². The van der Waals surface area contributed by atoms with Crippen molar-refractivity contribution in [3.63, 3.8) is 0 Å². The lowest BCUT2D eigenvalue weighted by Crippen LogP contribution is -2.52. The van der Waals surface area contributed by atoms with Crippen molar-refractivity contribution in [2.24, 2.45) is 17.3 Å². The molecule has 0 radical (unpaired) electrons. The Kier molecular flexibility index (Phi) is 3.16. The van der Waals surface area contributed by atoms with Gasteiger partial charge in [0, 0.05) is 5.41 Å². The Labute approximate surface area is 105 Å². The first-order valence-corrected chi connectivity index (χ1v) is 6.89. The summed E-state index contributed by atoms with van der Waals surface area (Å²) in [7, 11) is 0. The van der Waals surface area contributed by atoms with Gasteiger partial charge in [0.05, 0.1) is 11.7 Å². The van der Waals surface area contributed by atoms with E-state index in [1.165, 1.54) is 5.57 Å². The predicted molar refractivity (Wildman–Crippen MR) is 69.6 cm³/mol. The quantitative estimate of drug-likeness (QED) is 0.690.